The number of amides is 2. The Kier molecular flexibility index (Phi) is 7.56. The van der Waals surface area contributed by atoms with Gasteiger partial charge in [-0.2, -0.15) is 0 Å². The van der Waals surface area contributed by atoms with E-state index in [-0.39, 0.29) is 12.5 Å². The lowest BCUT2D eigenvalue weighted by molar-refractivity contribution is -0.152. The van der Waals surface area contributed by atoms with Crippen molar-refractivity contribution in [3.05, 3.63) is 60.2 Å². The third-order valence-electron chi connectivity index (χ3n) is 4.05. The molecule has 2 aromatic carbocycles. The number of rotatable bonds is 8. The van der Waals surface area contributed by atoms with Crippen molar-refractivity contribution >= 4 is 23.5 Å². The molecule has 7 nitrogen and oxygen atoms in total. The van der Waals surface area contributed by atoms with Gasteiger partial charge in [0.05, 0.1) is 12.7 Å². The van der Waals surface area contributed by atoms with E-state index < -0.39 is 18.0 Å². The smallest absolute Gasteiger partial charge is 0.326 e. The predicted molar refractivity (Wildman–Crippen MR) is 105 cm³/mol. The minimum Gasteiger partial charge on any atom is -0.496 e. The van der Waals surface area contributed by atoms with Crippen molar-refractivity contribution in [2.45, 2.75) is 20.0 Å². The number of para-hydroxylation sites is 2. The summed E-state index contributed by atoms with van der Waals surface area (Å²) in [6, 6.07) is 15.8. The van der Waals surface area contributed by atoms with Gasteiger partial charge in [-0.05, 0) is 38.1 Å². The molecule has 0 saturated heterocycles. The molecule has 0 aromatic heterocycles. The number of nitrogens with one attached hydrogen (secondary N) is 1. The number of anilines is 1. The third-order valence-corrected chi connectivity index (χ3v) is 4.05. The summed E-state index contributed by atoms with van der Waals surface area (Å²) >= 11 is 0. The minimum atomic E-state index is -0.976. The molecular weight excluding hydrogens is 360 g/mol. The van der Waals surface area contributed by atoms with Crippen LogP contribution in [0.5, 0.6) is 5.75 Å². The van der Waals surface area contributed by atoms with Gasteiger partial charge in [-0.3, -0.25) is 14.4 Å². The van der Waals surface area contributed by atoms with Gasteiger partial charge in [0.25, 0.3) is 11.8 Å². The van der Waals surface area contributed by atoms with Gasteiger partial charge in [0.1, 0.15) is 12.3 Å². The average Bonchev–Trinajstić information content (AvgIpc) is 2.73. The molecule has 1 atom stereocenters. The Labute approximate surface area is 164 Å². The van der Waals surface area contributed by atoms with Crippen LogP contribution in [0.1, 0.15) is 24.2 Å². The molecule has 2 rings (SSSR count). The van der Waals surface area contributed by atoms with Crippen molar-refractivity contribution in [1.82, 2.24) is 5.32 Å². The van der Waals surface area contributed by atoms with Crippen LogP contribution in [-0.4, -0.2) is 44.1 Å². The van der Waals surface area contributed by atoms with Gasteiger partial charge in [-0.15, -0.1) is 0 Å². The number of hydrogen-bond donors (Lipinski definition) is 1. The summed E-state index contributed by atoms with van der Waals surface area (Å²) in [6.45, 7) is 3.43. The summed E-state index contributed by atoms with van der Waals surface area (Å²) in [6.07, 6.45) is -0.976. The lowest BCUT2D eigenvalue weighted by Crippen LogP contribution is -2.41. The molecule has 0 bridgehead atoms. The quantitative estimate of drug-likeness (QED) is 0.707. The van der Waals surface area contributed by atoms with E-state index >= 15 is 0 Å². The molecule has 0 spiro atoms. The highest BCUT2D eigenvalue weighted by Crippen LogP contribution is 2.17. The lowest BCUT2D eigenvalue weighted by Gasteiger charge is -2.24. The average molecular weight is 384 g/mol. The molecule has 0 unspecified atom stereocenters. The van der Waals surface area contributed by atoms with E-state index in [1.165, 1.54) is 18.9 Å². The van der Waals surface area contributed by atoms with Crippen molar-refractivity contribution in [1.29, 1.82) is 0 Å². The van der Waals surface area contributed by atoms with Crippen LogP contribution >= 0.6 is 0 Å². The molecular formula is C21H24N2O5. The van der Waals surface area contributed by atoms with Crippen molar-refractivity contribution < 1.29 is 23.9 Å². The van der Waals surface area contributed by atoms with Crippen LogP contribution in [0.3, 0.4) is 0 Å². The first-order valence-corrected chi connectivity index (χ1v) is 8.95. The third kappa shape index (κ3) is 5.33. The Morgan fingerprint density at radius 1 is 1.04 bits per heavy atom. The lowest BCUT2D eigenvalue weighted by atomic mass is 10.2. The fraction of sp³-hybridized carbons (Fsp3) is 0.286. The summed E-state index contributed by atoms with van der Waals surface area (Å²) in [5.74, 6) is -1.10. The molecule has 1 N–H and O–H groups in total. The second-order valence-corrected chi connectivity index (χ2v) is 5.93. The number of hydrogen-bond acceptors (Lipinski definition) is 5. The number of methoxy groups -OCH3 is 1. The largest absolute Gasteiger partial charge is 0.496 e. The summed E-state index contributed by atoms with van der Waals surface area (Å²) < 4.78 is 10.3. The molecule has 28 heavy (non-hydrogen) atoms. The monoisotopic (exact) mass is 384 g/mol. The van der Waals surface area contributed by atoms with Gasteiger partial charge in [0.15, 0.2) is 6.10 Å². The topological polar surface area (TPSA) is 84.9 Å². The number of carbonyl (C=O) groups excluding carboxylic acids is 3. The fourth-order valence-electron chi connectivity index (χ4n) is 2.66. The Bertz CT molecular complexity index is 823. The van der Waals surface area contributed by atoms with Crippen LogP contribution < -0.4 is 15.0 Å². The zero-order valence-electron chi connectivity index (χ0n) is 16.2. The Balaban J connectivity index is 1.91. The molecule has 2 amide bonds. The van der Waals surface area contributed by atoms with E-state index in [9.17, 15) is 14.4 Å². The van der Waals surface area contributed by atoms with Gasteiger partial charge in [0, 0.05) is 12.2 Å². The molecule has 7 heteroatoms. The molecule has 0 aliphatic rings. The number of benzene rings is 2. The van der Waals surface area contributed by atoms with Gasteiger partial charge >= 0.3 is 5.97 Å². The first-order valence-electron chi connectivity index (χ1n) is 8.95. The van der Waals surface area contributed by atoms with Crippen molar-refractivity contribution in [3.8, 4) is 5.75 Å². The fourth-order valence-corrected chi connectivity index (χ4v) is 2.66. The zero-order valence-corrected chi connectivity index (χ0v) is 16.2. The predicted octanol–water partition coefficient (Wildman–Crippen LogP) is 2.41. The maximum Gasteiger partial charge on any atom is 0.326 e. The van der Waals surface area contributed by atoms with Gasteiger partial charge in [0.2, 0.25) is 0 Å². The first kappa shape index (κ1) is 21.0. The van der Waals surface area contributed by atoms with E-state index in [1.54, 1.807) is 24.3 Å². The summed E-state index contributed by atoms with van der Waals surface area (Å²) in [7, 11) is 1.46. The Morgan fingerprint density at radius 2 is 1.68 bits per heavy atom. The van der Waals surface area contributed by atoms with E-state index in [0.717, 1.165) is 5.69 Å². The summed E-state index contributed by atoms with van der Waals surface area (Å²) in [5.41, 5.74) is 1.03. The number of nitrogens with zero attached hydrogens (tertiary/aromatic N) is 1. The Morgan fingerprint density at radius 3 is 2.32 bits per heavy atom. The van der Waals surface area contributed by atoms with E-state index in [0.29, 0.717) is 17.9 Å². The van der Waals surface area contributed by atoms with Crippen molar-refractivity contribution in [3.63, 3.8) is 0 Å². The van der Waals surface area contributed by atoms with Crippen LogP contribution in [-0.2, 0) is 14.3 Å². The highest BCUT2D eigenvalue weighted by Gasteiger charge is 2.24. The van der Waals surface area contributed by atoms with Crippen LogP contribution in [0, 0.1) is 0 Å². The van der Waals surface area contributed by atoms with Crippen LogP contribution in [0.4, 0.5) is 5.69 Å². The number of carbonyl (C=O) groups is 3. The number of esters is 1. The second kappa shape index (κ2) is 10.1. The van der Waals surface area contributed by atoms with Gasteiger partial charge < -0.3 is 19.7 Å². The van der Waals surface area contributed by atoms with E-state index in [2.05, 4.69) is 5.32 Å². The Hall–Kier alpha value is -3.35. The number of ether oxygens (including phenoxy) is 2. The SMILES string of the molecule is CCN(C(=O)[C@@H](C)OC(=O)CNC(=O)c1ccccc1OC)c1ccccc1. The molecule has 0 saturated carbocycles. The maximum atomic E-state index is 12.6. The molecule has 0 aliphatic carbocycles. The summed E-state index contributed by atoms with van der Waals surface area (Å²) in [5, 5.41) is 2.47. The standard InChI is InChI=1S/C21H24N2O5/c1-4-23(16-10-6-5-7-11-16)21(26)15(2)28-19(24)14-22-20(25)17-12-8-9-13-18(17)27-3/h5-13,15H,4,14H2,1-3H3,(H,22,25)/t15-/m1/s1. The second-order valence-electron chi connectivity index (χ2n) is 5.93. The molecule has 0 heterocycles. The highest BCUT2D eigenvalue weighted by molar-refractivity contribution is 5.99. The van der Waals surface area contributed by atoms with E-state index in [4.69, 9.17) is 9.47 Å². The van der Waals surface area contributed by atoms with Crippen molar-refractivity contribution in [2.24, 2.45) is 0 Å². The zero-order chi connectivity index (χ0) is 20.5. The normalized spacial score (nSPS) is 11.2. The summed E-state index contributed by atoms with van der Waals surface area (Å²) in [4.78, 5) is 38.4. The van der Waals surface area contributed by atoms with Crippen LogP contribution in [0.25, 0.3) is 0 Å². The van der Waals surface area contributed by atoms with Crippen LogP contribution in [0.2, 0.25) is 0 Å². The van der Waals surface area contributed by atoms with Crippen molar-refractivity contribution in [2.75, 3.05) is 25.1 Å². The van der Waals surface area contributed by atoms with Gasteiger partial charge in [-0.1, -0.05) is 30.3 Å². The van der Waals surface area contributed by atoms with Crippen LogP contribution in [0.15, 0.2) is 54.6 Å². The van der Waals surface area contributed by atoms with Gasteiger partial charge in [-0.25, -0.2) is 0 Å². The molecule has 0 fully saturated rings. The highest BCUT2D eigenvalue weighted by atomic mass is 16.5. The maximum absolute atomic E-state index is 12.6. The molecule has 2 aromatic rings. The molecule has 0 aliphatic heterocycles. The van der Waals surface area contributed by atoms with E-state index in [1.807, 2.05) is 37.3 Å². The first-order chi connectivity index (χ1) is 13.5. The molecule has 0 radical (unpaired) electrons. The minimum absolute atomic E-state index is 0.308. The number of likely N-dealkylation sites (N-methyl/N-ethyl adjacent to an activating group) is 1. The molecule has 148 valence electrons.